The van der Waals surface area contributed by atoms with E-state index in [2.05, 4.69) is 4.98 Å². The molecule has 0 aliphatic rings. The van der Waals surface area contributed by atoms with Gasteiger partial charge in [-0.1, -0.05) is 29.8 Å². The lowest BCUT2D eigenvalue weighted by Gasteiger charge is -2.03. The molecule has 0 atom stereocenters. The SMILES string of the molecule is O=C(Cc1csc(-c2ccc(Cl)cc2)c1C(=O)O)c1nc2cccc(F)c2s1. The predicted octanol–water partition coefficient (Wildman–Crippen LogP) is 5.94. The molecule has 0 spiro atoms. The molecule has 0 aliphatic carbocycles. The van der Waals surface area contributed by atoms with Crippen molar-refractivity contribution < 1.29 is 19.1 Å². The molecule has 0 amide bonds. The van der Waals surface area contributed by atoms with Gasteiger partial charge in [0.2, 0.25) is 0 Å². The van der Waals surface area contributed by atoms with Gasteiger partial charge in [0.25, 0.3) is 0 Å². The van der Waals surface area contributed by atoms with Gasteiger partial charge in [0.1, 0.15) is 5.82 Å². The largest absolute Gasteiger partial charge is 0.478 e. The van der Waals surface area contributed by atoms with E-state index in [1.54, 1.807) is 35.7 Å². The molecule has 0 unspecified atom stereocenters. The topological polar surface area (TPSA) is 67.3 Å². The maximum Gasteiger partial charge on any atom is 0.337 e. The van der Waals surface area contributed by atoms with Crippen molar-refractivity contribution in [3.05, 3.63) is 74.8 Å². The number of carbonyl (C=O) groups is 2. The first-order chi connectivity index (χ1) is 13.4. The van der Waals surface area contributed by atoms with Crippen LogP contribution in [0.25, 0.3) is 20.7 Å². The highest BCUT2D eigenvalue weighted by atomic mass is 35.5. The summed E-state index contributed by atoms with van der Waals surface area (Å²) in [6.45, 7) is 0. The summed E-state index contributed by atoms with van der Waals surface area (Å²) < 4.78 is 14.2. The third-order valence-electron chi connectivity index (χ3n) is 4.14. The molecule has 4 rings (SSSR count). The summed E-state index contributed by atoms with van der Waals surface area (Å²) in [5.74, 6) is -1.88. The van der Waals surface area contributed by atoms with Crippen molar-refractivity contribution >= 4 is 56.2 Å². The Balaban J connectivity index is 1.69. The van der Waals surface area contributed by atoms with E-state index in [4.69, 9.17) is 11.6 Å². The molecule has 0 saturated carbocycles. The zero-order valence-electron chi connectivity index (χ0n) is 14.1. The number of carboxylic acids is 1. The number of halogens is 2. The second-order valence-electron chi connectivity index (χ2n) is 5.98. The zero-order valence-corrected chi connectivity index (χ0v) is 16.5. The summed E-state index contributed by atoms with van der Waals surface area (Å²) in [6, 6.07) is 11.3. The Bertz CT molecular complexity index is 1210. The highest BCUT2D eigenvalue weighted by Crippen LogP contribution is 2.35. The minimum absolute atomic E-state index is 0.0907. The highest BCUT2D eigenvalue weighted by Gasteiger charge is 2.23. The molecule has 0 bridgehead atoms. The van der Waals surface area contributed by atoms with Gasteiger partial charge in [-0.3, -0.25) is 4.79 Å². The lowest BCUT2D eigenvalue weighted by atomic mass is 10.0. The van der Waals surface area contributed by atoms with Crippen LogP contribution in [0.15, 0.2) is 47.8 Å². The second-order valence-corrected chi connectivity index (χ2v) is 8.30. The summed E-state index contributed by atoms with van der Waals surface area (Å²) in [5.41, 5.74) is 1.63. The maximum atomic E-state index is 13.9. The number of Topliss-reactive ketones (excluding diaryl/α,β-unsaturated/α-hetero) is 1. The van der Waals surface area contributed by atoms with Crippen LogP contribution in [-0.4, -0.2) is 21.8 Å². The number of thiophene rings is 1. The average Bonchev–Trinajstić information content (AvgIpc) is 3.27. The van der Waals surface area contributed by atoms with Gasteiger partial charge in [0.15, 0.2) is 10.8 Å². The molecule has 2 heterocycles. The van der Waals surface area contributed by atoms with E-state index in [1.165, 1.54) is 23.5 Å². The molecule has 0 fully saturated rings. The number of thiazole rings is 1. The fraction of sp³-hybridized carbons (Fsp3) is 0.0500. The molecule has 0 saturated heterocycles. The van der Waals surface area contributed by atoms with E-state index in [0.29, 0.717) is 31.2 Å². The Morgan fingerprint density at radius 3 is 2.57 bits per heavy atom. The van der Waals surface area contributed by atoms with Gasteiger partial charge in [0.05, 0.1) is 15.8 Å². The van der Waals surface area contributed by atoms with Gasteiger partial charge >= 0.3 is 5.97 Å². The maximum absolute atomic E-state index is 13.9. The van der Waals surface area contributed by atoms with Crippen molar-refractivity contribution in [2.45, 2.75) is 6.42 Å². The van der Waals surface area contributed by atoms with Crippen LogP contribution in [-0.2, 0) is 6.42 Å². The Labute approximate surface area is 171 Å². The first kappa shape index (κ1) is 18.7. The molecule has 2 aromatic heterocycles. The Morgan fingerprint density at radius 1 is 1.14 bits per heavy atom. The summed E-state index contributed by atoms with van der Waals surface area (Å²) in [7, 11) is 0. The number of aromatic nitrogens is 1. The molecular weight excluding hydrogens is 421 g/mol. The van der Waals surface area contributed by atoms with Crippen LogP contribution in [0.2, 0.25) is 5.02 Å². The van der Waals surface area contributed by atoms with E-state index in [-0.39, 0.29) is 22.8 Å². The molecule has 140 valence electrons. The minimum atomic E-state index is -1.11. The number of hydrogen-bond acceptors (Lipinski definition) is 5. The molecule has 1 N–H and O–H groups in total. The molecule has 0 aliphatic heterocycles. The molecule has 2 aromatic carbocycles. The Hall–Kier alpha value is -2.61. The number of aromatic carboxylic acids is 1. The number of rotatable bonds is 5. The van der Waals surface area contributed by atoms with Crippen LogP contribution in [0.3, 0.4) is 0 Å². The van der Waals surface area contributed by atoms with Gasteiger partial charge in [-0.2, -0.15) is 0 Å². The van der Waals surface area contributed by atoms with E-state index in [9.17, 15) is 19.1 Å². The van der Waals surface area contributed by atoms with Gasteiger partial charge in [-0.15, -0.1) is 22.7 Å². The fourth-order valence-electron chi connectivity index (χ4n) is 2.86. The van der Waals surface area contributed by atoms with Crippen LogP contribution >= 0.6 is 34.3 Å². The van der Waals surface area contributed by atoms with Crippen molar-refractivity contribution in [3.8, 4) is 10.4 Å². The number of ketones is 1. The first-order valence-corrected chi connectivity index (χ1v) is 10.2. The smallest absolute Gasteiger partial charge is 0.337 e. The van der Waals surface area contributed by atoms with Crippen LogP contribution in [0, 0.1) is 5.82 Å². The Morgan fingerprint density at radius 2 is 1.89 bits per heavy atom. The Kier molecular flexibility index (Phi) is 4.97. The number of carbonyl (C=O) groups excluding carboxylic acids is 1. The van der Waals surface area contributed by atoms with E-state index >= 15 is 0 Å². The van der Waals surface area contributed by atoms with Crippen molar-refractivity contribution in [3.63, 3.8) is 0 Å². The fourth-order valence-corrected chi connectivity index (χ4v) is 4.96. The van der Waals surface area contributed by atoms with Crippen molar-refractivity contribution in [1.82, 2.24) is 4.98 Å². The van der Waals surface area contributed by atoms with E-state index in [0.717, 1.165) is 11.3 Å². The highest BCUT2D eigenvalue weighted by molar-refractivity contribution is 7.20. The van der Waals surface area contributed by atoms with Crippen LogP contribution in [0.4, 0.5) is 4.39 Å². The lowest BCUT2D eigenvalue weighted by molar-refractivity contribution is 0.0697. The standard InChI is InChI=1S/C20H11ClFNO3S2/c21-12-6-4-10(5-7-12)17-16(20(25)26)11(9-27-17)8-15(24)19-23-14-3-1-2-13(22)18(14)28-19/h1-7,9H,8H2,(H,25,26). The number of nitrogens with zero attached hydrogens (tertiary/aromatic N) is 1. The van der Waals surface area contributed by atoms with Gasteiger partial charge in [-0.05, 0) is 40.8 Å². The minimum Gasteiger partial charge on any atom is -0.478 e. The van der Waals surface area contributed by atoms with Gasteiger partial charge in [-0.25, -0.2) is 14.2 Å². The lowest BCUT2D eigenvalue weighted by Crippen LogP contribution is -2.07. The monoisotopic (exact) mass is 431 g/mol. The van der Waals surface area contributed by atoms with Crippen LogP contribution in [0.1, 0.15) is 25.7 Å². The predicted molar refractivity (Wildman–Crippen MR) is 109 cm³/mol. The molecule has 4 aromatic rings. The number of benzene rings is 2. The first-order valence-electron chi connectivity index (χ1n) is 8.12. The summed E-state index contributed by atoms with van der Waals surface area (Å²) >= 11 is 8.13. The molecule has 0 radical (unpaired) electrons. The second kappa shape index (κ2) is 7.43. The summed E-state index contributed by atoms with van der Waals surface area (Å²) in [4.78, 5) is 29.3. The zero-order chi connectivity index (χ0) is 19.8. The van der Waals surface area contributed by atoms with Crippen LogP contribution < -0.4 is 0 Å². The van der Waals surface area contributed by atoms with Gasteiger partial charge in [0, 0.05) is 16.3 Å². The summed E-state index contributed by atoms with van der Waals surface area (Å²) in [5, 5.41) is 12.1. The van der Waals surface area contributed by atoms with Crippen molar-refractivity contribution in [2.24, 2.45) is 0 Å². The number of carboxylic acid groups (broad SMARTS) is 1. The van der Waals surface area contributed by atoms with Crippen molar-refractivity contribution in [1.29, 1.82) is 0 Å². The molecule has 8 heteroatoms. The normalized spacial score (nSPS) is 11.1. The summed E-state index contributed by atoms with van der Waals surface area (Å²) in [6.07, 6.45) is -0.118. The molecule has 4 nitrogen and oxygen atoms in total. The number of hydrogen-bond donors (Lipinski definition) is 1. The van der Waals surface area contributed by atoms with Crippen molar-refractivity contribution in [2.75, 3.05) is 0 Å². The third-order valence-corrected chi connectivity index (χ3v) is 6.59. The quantitative estimate of drug-likeness (QED) is 0.397. The third kappa shape index (κ3) is 3.44. The van der Waals surface area contributed by atoms with E-state index in [1.807, 2.05) is 0 Å². The number of fused-ring (bicyclic) bond motifs is 1. The van der Waals surface area contributed by atoms with E-state index < -0.39 is 11.8 Å². The average molecular weight is 432 g/mol. The molecular formula is C20H11ClFNO3S2. The van der Waals surface area contributed by atoms with Gasteiger partial charge < -0.3 is 5.11 Å². The molecule has 28 heavy (non-hydrogen) atoms. The van der Waals surface area contributed by atoms with Crippen LogP contribution in [0.5, 0.6) is 0 Å².